The summed E-state index contributed by atoms with van der Waals surface area (Å²) in [6.07, 6.45) is 2.12. The second-order valence-electron chi connectivity index (χ2n) is 10.8. The summed E-state index contributed by atoms with van der Waals surface area (Å²) < 4.78 is 7.85. The first-order chi connectivity index (χ1) is 18.7. The van der Waals surface area contributed by atoms with E-state index in [1.807, 2.05) is 32.9 Å². The highest BCUT2D eigenvalue weighted by molar-refractivity contribution is 5.98. The number of fused-ring (bicyclic) bond motifs is 1. The quantitative estimate of drug-likeness (QED) is 0.364. The molecule has 0 radical (unpaired) electrons. The fraction of sp³-hybridized carbons (Fsp3) is 0.375. The summed E-state index contributed by atoms with van der Waals surface area (Å²) in [5.41, 5.74) is 10.5. The van der Waals surface area contributed by atoms with Gasteiger partial charge in [0.1, 0.15) is 0 Å². The molecule has 1 unspecified atom stereocenters. The third-order valence-electron chi connectivity index (χ3n) is 8.23. The number of hydrogen-bond donors (Lipinski definition) is 2. The summed E-state index contributed by atoms with van der Waals surface area (Å²) >= 11 is 0. The van der Waals surface area contributed by atoms with Gasteiger partial charge < -0.3 is 19.4 Å². The molecule has 1 atom stereocenters. The second kappa shape index (κ2) is 10.8. The molecular formula is C32H38N4O3. The van der Waals surface area contributed by atoms with Gasteiger partial charge in [-0.3, -0.25) is 14.5 Å². The van der Waals surface area contributed by atoms with E-state index in [0.29, 0.717) is 24.3 Å². The van der Waals surface area contributed by atoms with Crippen LogP contribution in [0.15, 0.2) is 47.4 Å². The van der Waals surface area contributed by atoms with Crippen molar-refractivity contribution in [3.63, 3.8) is 0 Å². The summed E-state index contributed by atoms with van der Waals surface area (Å²) in [5.74, 6) is -0.183. The molecule has 7 heteroatoms. The van der Waals surface area contributed by atoms with Crippen molar-refractivity contribution in [1.82, 2.24) is 19.6 Å². The number of aryl methyl sites for hydroxylation is 4. The Bertz CT molecular complexity index is 1610. The molecule has 1 fully saturated rings. The molecule has 204 valence electrons. The van der Waals surface area contributed by atoms with E-state index in [1.165, 1.54) is 11.1 Å². The Morgan fingerprint density at radius 1 is 1.00 bits per heavy atom. The average Bonchev–Trinajstić information content (AvgIpc) is 3.32. The van der Waals surface area contributed by atoms with Crippen molar-refractivity contribution in [2.45, 2.75) is 54.1 Å². The second-order valence-corrected chi connectivity index (χ2v) is 10.8. The number of morpholine rings is 1. The van der Waals surface area contributed by atoms with Crippen molar-refractivity contribution in [3.8, 4) is 11.1 Å². The van der Waals surface area contributed by atoms with Gasteiger partial charge in [-0.15, -0.1) is 0 Å². The summed E-state index contributed by atoms with van der Waals surface area (Å²) in [7, 11) is 0. The number of pyridine rings is 2. The van der Waals surface area contributed by atoms with Crippen molar-refractivity contribution in [2.24, 2.45) is 0 Å². The van der Waals surface area contributed by atoms with Crippen LogP contribution in [0.3, 0.4) is 0 Å². The number of ether oxygens (including phenoxy) is 1. The Kier molecular flexibility index (Phi) is 7.47. The van der Waals surface area contributed by atoms with Gasteiger partial charge in [0.25, 0.3) is 11.5 Å². The summed E-state index contributed by atoms with van der Waals surface area (Å²) in [4.78, 5) is 31.5. The van der Waals surface area contributed by atoms with Gasteiger partial charge in [0, 0.05) is 60.0 Å². The first kappa shape index (κ1) is 26.9. The highest BCUT2D eigenvalue weighted by Crippen LogP contribution is 2.34. The van der Waals surface area contributed by atoms with Crippen LogP contribution in [0.1, 0.15) is 62.5 Å². The van der Waals surface area contributed by atoms with Gasteiger partial charge in [0.15, 0.2) is 0 Å². The number of benzene rings is 1. The maximum atomic E-state index is 13.7. The maximum Gasteiger partial charge on any atom is 0.253 e. The van der Waals surface area contributed by atoms with Gasteiger partial charge in [-0.1, -0.05) is 18.2 Å². The van der Waals surface area contributed by atoms with E-state index in [4.69, 9.17) is 4.74 Å². The minimum atomic E-state index is -0.183. The van der Waals surface area contributed by atoms with Crippen LogP contribution in [0, 0.1) is 34.6 Å². The number of H-pyrrole nitrogens is 1. The van der Waals surface area contributed by atoms with Crippen LogP contribution in [-0.2, 0) is 11.3 Å². The van der Waals surface area contributed by atoms with Crippen molar-refractivity contribution in [2.75, 3.05) is 26.3 Å². The lowest BCUT2D eigenvalue weighted by Gasteiger charge is -2.34. The number of nitrogens with one attached hydrogen (secondary N) is 2. The third-order valence-corrected chi connectivity index (χ3v) is 8.23. The molecule has 1 amide bonds. The molecule has 39 heavy (non-hydrogen) atoms. The number of carbonyl (C=O) groups excluding carboxylic acids is 1. The van der Waals surface area contributed by atoms with Gasteiger partial charge in [-0.25, -0.2) is 0 Å². The molecule has 5 rings (SSSR count). The lowest BCUT2D eigenvalue weighted by Crippen LogP contribution is -2.39. The van der Waals surface area contributed by atoms with E-state index >= 15 is 0 Å². The van der Waals surface area contributed by atoms with Crippen LogP contribution in [0.4, 0.5) is 0 Å². The largest absolute Gasteiger partial charge is 0.379 e. The predicted molar refractivity (Wildman–Crippen MR) is 156 cm³/mol. The monoisotopic (exact) mass is 526 g/mol. The molecule has 1 aliphatic rings. The molecule has 0 aliphatic carbocycles. The first-order valence-electron chi connectivity index (χ1n) is 13.7. The fourth-order valence-electron chi connectivity index (χ4n) is 5.77. The first-order valence-corrected chi connectivity index (χ1v) is 13.7. The molecule has 1 aliphatic heterocycles. The minimum absolute atomic E-state index is 0.0892. The van der Waals surface area contributed by atoms with Crippen molar-refractivity contribution < 1.29 is 9.53 Å². The zero-order chi connectivity index (χ0) is 27.8. The molecule has 0 saturated carbocycles. The molecule has 1 saturated heterocycles. The van der Waals surface area contributed by atoms with E-state index in [9.17, 15) is 9.59 Å². The maximum absolute atomic E-state index is 13.7. The Morgan fingerprint density at radius 3 is 2.44 bits per heavy atom. The molecule has 4 heterocycles. The van der Waals surface area contributed by atoms with Crippen LogP contribution in [0.2, 0.25) is 0 Å². The van der Waals surface area contributed by atoms with Gasteiger partial charge >= 0.3 is 0 Å². The van der Waals surface area contributed by atoms with E-state index in [-0.39, 0.29) is 24.1 Å². The van der Waals surface area contributed by atoms with Crippen molar-refractivity contribution in [1.29, 1.82) is 0 Å². The summed E-state index contributed by atoms with van der Waals surface area (Å²) in [6, 6.07) is 12.7. The van der Waals surface area contributed by atoms with E-state index < -0.39 is 0 Å². The molecule has 0 bridgehead atoms. The van der Waals surface area contributed by atoms with Crippen LogP contribution in [-0.4, -0.2) is 46.5 Å². The number of carbonyl (C=O) groups is 1. The van der Waals surface area contributed by atoms with Gasteiger partial charge in [0.05, 0.1) is 18.7 Å². The SMILES string of the molecule is Cc1cc(C)c(CNC(=O)c2cc3c(-c4ccc(C)c(C)c4)ccn3c(C(C)N3CCOCC3)c2C)c(=O)[nH]1. The number of aromatic nitrogens is 2. The molecule has 3 aromatic heterocycles. The molecule has 4 aromatic rings. The van der Waals surface area contributed by atoms with Crippen molar-refractivity contribution in [3.05, 3.63) is 97.7 Å². The third kappa shape index (κ3) is 5.16. The summed E-state index contributed by atoms with van der Waals surface area (Å²) in [6.45, 7) is 15.5. The number of aromatic amines is 1. The summed E-state index contributed by atoms with van der Waals surface area (Å²) in [5, 5.41) is 3.03. The van der Waals surface area contributed by atoms with Crippen LogP contribution >= 0.6 is 0 Å². The average molecular weight is 527 g/mol. The van der Waals surface area contributed by atoms with Crippen LogP contribution in [0.25, 0.3) is 16.6 Å². The zero-order valence-electron chi connectivity index (χ0n) is 23.8. The molecule has 1 aromatic carbocycles. The normalized spacial score (nSPS) is 15.0. The van der Waals surface area contributed by atoms with Gasteiger partial charge in [-0.05, 0) is 87.6 Å². The Labute approximate surface area is 229 Å². The number of nitrogens with zero attached hydrogens (tertiary/aromatic N) is 2. The topological polar surface area (TPSA) is 78.8 Å². The van der Waals surface area contributed by atoms with E-state index in [0.717, 1.165) is 52.2 Å². The number of amides is 1. The predicted octanol–water partition coefficient (Wildman–Crippen LogP) is 5.16. The van der Waals surface area contributed by atoms with E-state index in [1.54, 1.807) is 0 Å². The smallest absolute Gasteiger partial charge is 0.253 e. The van der Waals surface area contributed by atoms with Gasteiger partial charge in [0.2, 0.25) is 0 Å². The lowest BCUT2D eigenvalue weighted by molar-refractivity contribution is 0.0187. The highest BCUT2D eigenvalue weighted by Gasteiger charge is 2.26. The van der Waals surface area contributed by atoms with E-state index in [2.05, 4.69) is 70.8 Å². The van der Waals surface area contributed by atoms with Gasteiger partial charge in [-0.2, -0.15) is 0 Å². The Balaban J connectivity index is 1.60. The molecule has 7 nitrogen and oxygen atoms in total. The Hall–Kier alpha value is -3.68. The zero-order valence-corrected chi connectivity index (χ0v) is 23.8. The number of rotatable bonds is 6. The number of hydrogen-bond acceptors (Lipinski definition) is 4. The highest BCUT2D eigenvalue weighted by atomic mass is 16.5. The van der Waals surface area contributed by atoms with Crippen LogP contribution in [0.5, 0.6) is 0 Å². The Morgan fingerprint density at radius 2 is 1.74 bits per heavy atom. The minimum Gasteiger partial charge on any atom is -0.379 e. The fourth-order valence-corrected chi connectivity index (χ4v) is 5.77. The molecule has 2 N–H and O–H groups in total. The lowest BCUT2D eigenvalue weighted by atomic mass is 9.97. The molecular weight excluding hydrogens is 488 g/mol. The van der Waals surface area contributed by atoms with Crippen LogP contribution < -0.4 is 10.9 Å². The standard InChI is InChI=1S/C32H38N4O3/c1-19-7-8-25(16-20(19)2)26-9-10-36-29(26)17-27(23(5)30(36)24(6)35-11-13-39-14-12-35)31(37)33-18-28-21(3)15-22(4)34-32(28)38/h7-10,15-17,24H,11-14,18H2,1-6H3,(H,33,37)(H,34,38). The molecule has 0 spiro atoms. The van der Waals surface area contributed by atoms with Crippen molar-refractivity contribution >= 4 is 11.4 Å².